The molecule has 2 aliphatic rings. The lowest BCUT2D eigenvalue weighted by Gasteiger charge is -2.27. The number of pyridine rings is 1. The van der Waals surface area contributed by atoms with Crippen LogP contribution in [-0.2, 0) is 0 Å². The second kappa shape index (κ2) is 7.89. The van der Waals surface area contributed by atoms with Gasteiger partial charge >= 0.3 is 0 Å². The van der Waals surface area contributed by atoms with E-state index >= 15 is 0 Å². The Balaban J connectivity index is 1.89. The third-order valence-electron chi connectivity index (χ3n) is 6.06. The molecule has 0 bridgehead atoms. The van der Waals surface area contributed by atoms with Crippen molar-refractivity contribution in [3.8, 4) is 17.2 Å². The number of hydrogen-bond donors (Lipinski definition) is 2. The number of aromatic nitrogens is 1. The van der Waals surface area contributed by atoms with Crippen LogP contribution in [0.1, 0.15) is 49.2 Å². The van der Waals surface area contributed by atoms with Gasteiger partial charge in [-0.3, -0.25) is 4.79 Å². The Labute approximate surface area is 180 Å². The quantitative estimate of drug-likeness (QED) is 0.766. The predicted octanol–water partition coefficient (Wildman–Crippen LogP) is 3.35. The molecule has 1 aliphatic carbocycles. The first-order chi connectivity index (χ1) is 14.7. The number of nitriles is 1. The van der Waals surface area contributed by atoms with E-state index in [1.807, 2.05) is 24.8 Å². The molecule has 1 amide bonds. The maximum atomic E-state index is 14.1. The minimum atomic E-state index is -0.771. The van der Waals surface area contributed by atoms with Crippen LogP contribution in [0.5, 0.6) is 0 Å². The number of anilines is 1. The van der Waals surface area contributed by atoms with E-state index in [-0.39, 0.29) is 34.3 Å². The summed E-state index contributed by atoms with van der Waals surface area (Å²) in [5, 5.41) is 12.7. The Morgan fingerprint density at radius 3 is 2.58 bits per heavy atom. The summed E-state index contributed by atoms with van der Waals surface area (Å²) in [6.45, 7) is 4.86. The van der Waals surface area contributed by atoms with Crippen LogP contribution in [0.4, 0.5) is 14.5 Å². The van der Waals surface area contributed by atoms with Gasteiger partial charge in [0, 0.05) is 42.5 Å². The van der Waals surface area contributed by atoms with Crippen LogP contribution in [0.25, 0.3) is 11.1 Å². The molecule has 2 heterocycles. The lowest BCUT2D eigenvalue weighted by Crippen LogP contribution is -2.40. The molecular formula is C23H25F2N5O. The fourth-order valence-corrected chi connectivity index (χ4v) is 4.23. The van der Waals surface area contributed by atoms with Gasteiger partial charge in [-0.1, -0.05) is 0 Å². The number of nitrogens with two attached hydrogens (primary N) is 1. The van der Waals surface area contributed by atoms with Crippen molar-refractivity contribution in [2.75, 3.05) is 18.0 Å². The fraction of sp³-hybridized carbons (Fsp3) is 0.435. The van der Waals surface area contributed by atoms with Crippen molar-refractivity contribution in [3.05, 3.63) is 47.3 Å². The number of hydrogen-bond acceptors (Lipinski definition) is 5. The van der Waals surface area contributed by atoms with Gasteiger partial charge in [-0.25, -0.2) is 13.8 Å². The predicted molar refractivity (Wildman–Crippen MR) is 113 cm³/mol. The number of carbonyl (C=O) groups is 1. The molecule has 2 fully saturated rings. The third kappa shape index (κ3) is 4.37. The maximum Gasteiger partial charge on any atom is 0.255 e. The number of carbonyl (C=O) groups excluding carboxylic acids is 1. The maximum absolute atomic E-state index is 14.1. The molecule has 2 aromatic rings. The van der Waals surface area contributed by atoms with Crippen molar-refractivity contribution >= 4 is 11.6 Å². The van der Waals surface area contributed by atoms with Crippen LogP contribution in [-0.4, -0.2) is 35.6 Å². The van der Waals surface area contributed by atoms with Crippen LogP contribution in [0.15, 0.2) is 24.4 Å². The van der Waals surface area contributed by atoms with Crippen molar-refractivity contribution in [1.29, 1.82) is 5.26 Å². The molecule has 2 atom stereocenters. The Morgan fingerprint density at radius 1 is 1.35 bits per heavy atom. The van der Waals surface area contributed by atoms with E-state index in [9.17, 15) is 18.8 Å². The Kier molecular flexibility index (Phi) is 5.40. The van der Waals surface area contributed by atoms with E-state index in [2.05, 4.69) is 10.3 Å². The topological polar surface area (TPSA) is 95.0 Å². The third-order valence-corrected chi connectivity index (χ3v) is 6.06. The molecule has 1 aliphatic heterocycles. The first kappa shape index (κ1) is 21.2. The van der Waals surface area contributed by atoms with Crippen molar-refractivity contribution in [3.63, 3.8) is 0 Å². The smallest absolute Gasteiger partial charge is 0.255 e. The molecule has 0 spiro atoms. The van der Waals surface area contributed by atoms with Gasteiger partial charge in [-0.05, 0) is 56.7 Å². The van der Waals surface area contributed by atoms with Crippen LogP contribution in [0, 0.1) is 28.9 Å². The van der Waals surface area contributed by atoms with Gasteiger partial charge in [-0.2, -0.15) is 5.26 Å². The molecule has 8 heteroatoms. The summed E-state index contributed by atoms with van der Waals surface area (Å²) in [7, 11) is 0. The van der Waals surface area contributed by atoms with E-state index in [0.29, 0.717) is 31.1 Å². The summed E-state index contributed by atoms with van der Waals surface area (Å²) in [4.78, 5) is 19.3. The van der Waals surface area contributed by atoms with Gasteiger partial charge in [0.2, 0.25) is 0 Å². The monoisotopic (exact) mass is 425 g/mol. The molecule has 1 saturated heterocycles. The highest BCUT2D eigenvalue weighted by Crippen LogP contribution is 2.40. The second-order valence-corrected chi connectivity index (χ2v) is 8.94. The van der Waals surface area contributed by atoms with Gasteiger partial charge in [0.15, 0.2) is 0 Å². The number of halogens is 2. The molecular weight excluding hydrogens is 400 g/mol. The zero-order valence-corrected chi connectivity index (χ0v) is 17.6. The molecule has 6 nitrogen and oxygen atoms in total. The van der Waals surface area contributed by atoms with Crippen LogP contribution in [0.2, 0.25) is 0 Å². The van der Waals surface area contributed by atoms with Crippen LogP contribution < -0.4 is 16.0 Å². The minimum absolute atomic E-state index is 0.00239. The van der Waals surface area contributed by atoms with Crippen molar-refractivity contribution < 1.29 is 13.6 Å². The molecule has 0 unspecified atom stereocenters. The Bertz CT molecular complexity index is 1050. The summed E-state index contributed by atoms with van der Waals surface area (Å²) >= 11 is 0. The zero-order valence-electron chi connectivity index (χ0n) is 17.6. The van der Waals surface area contributed by atoms with E-state index in [1.165, 1.54) is 6.20 Å². The SMILES string of the molecule is C[C@H](NC(=O)c1cnc(C#N)c(-c2cc(F)cc(F)c2)c1N1CC[C@](C)(N)C1)C1CC1. The van der Waals surface area contributed by atoms with E-state index < -0.39 is 17.2 Å². The van der Waals surface area contributed by atoms with Crippen molar-refractivity contribution in [2.45, 2.75) is 44.7 Å². The summed E-state index contributed by atoms with van der Waals surface area (Å²) in [5.74, 6) is -1.41. The zero-order chi connectivity index (χ0) is 22.3. The largest absolute Gasteiger partial charge is 0.368 e. The number of benzene rings is 1. The average Bonchev–Trinajstić information content (AvgIpc) is 3.49. The Morgan fingerprint density at radius 2 is 2.03 bits per heavy atom. The van der Waals surface area contributed by atoms with E-state index in [0.717, 1.165) is 31.0 Å². The second-order valence-electron chi connectivity index (χ2n) is 8.94. The minimum Gasteiger partial charge on any atom is -0.368 e. The Hall–Kier alpha value is -3.05. The summed E-state index contributed by atoms with van der Waals surface area (Å²) in [6, 6.07) is 5.08. The molecule has 3 N–H and O–H groups in total. The van der Waals surface area contributed by atoms with Gasteiger partial charge in [-0.15, -0.1) is 0 Å². The number of rotatable bonds is 5. The lowest BCUT2D eigenvalue weighted by molar-refractivity contribution is 0.0936. The average molecular weight is 425 g/mol. The standard InChI is InChI=1S/C23H25F2N5O/c1-13(14-3-4-14)29-22(31)18-11-28-19(10-26)20(15-7-16(24)9-17(25)8-15)21(18)30-6-5-23(2,27)12-30/h7-9,11,13-14H,3-6,12,27H2,1-2H3,(H,29,31)/t13-,23-/m0/s1. The van der Waals surface area contributed by atoms with Gasteiger partial charge in [0.1, 0.15) is 23.4 Å². The summed E-state index contributed by atoms with van der Waals surface area (Å²) in [5.41, 5.74) is 6.94. The van der Waals surface area contributed by atoms with Crippen molar-refractivity contribution in [2.24, 2.45) is 11.7 Å². The molecule has 31 heavy (non-hydrogen) atoms. The van der Waals surface area contributed by atoms with Crippen LogP contribution >= 0.6 is 0 Å². The highest BCUT2D eigenvalue weighted by Gasteiger charge is 2.36. The molecule has 162 valence electrons. The van der Waals surface area contributed by atoms with Gasteiger partial charge < -0.3 is 16.0 Å². The first-order valence-corrected chi connectivity index (χ1v) is 10.4. The van der Waals surface area contributed by atoms with E-state index in [4.69, 9.17) is 5.73 Å². The van der Waals surface area contributed by atoms with Gasteiger partial charge in [0.25, 0.3) is 5.91 Å². The lowest BCUT2D eigenvalue weighted by atomic mass is 9.97. The first-order valence-electron chi connectivity index (χ1n) is 10.4. The molecule has 4 rings (SSSR count). The van der Waals surface area contributed by atoms with Crippen molar-refractivity contribution in [1.82, 2.24) is 10.3 Å². The number of nitrogens with zero attached hydrogens (tertiary/aromatic N) is 3. The molecule has 1 saturated carbocycles. The summed E-state index contributed by atoms with van der Waals surface area (Å²) in [6.07, 6.45) is 4.19. The fourth-order valence-electron chi connectivity index (χ4n) is 4.23. The van der Waals surface area contributed by atoms with E-state index in [1.54, 1.807) is 0 Å². The molecule has 0 radical (unpaired) electrons. The van der Waals surface area contributed by atoms with Gasteiger partial charge in [0.05, 0.1) is 11.3 Å². The number of nitrogens with one attached hydrogen (secondary N) is 1. The molecule has 1 aromatic heterocycles. The highest BCUT2D eigenvalue weighted by molar-refractivity contribution is 6.04. The summed E-state index contributed by atoms with van der Waals surface area (Å²) < 4.78 is 28.1. The normalized spacial score (nSPS) is 21.6. The highest BCUT2D eigenvalue weighted by atomic mass is 19.1. The molecule has 1 aromatic carbocycles. The number of amides is 1. The van der Waals surface area contributed by atoms with Crippen LogP contribution in [0.3, 0.4) is 0 Å².